The first-order valence-electron chi connectivity index (χ1n) is 9.26. The highest BCUT2D eigenvalue weighted by Gasteiger charge is 2.27. The second-order valence-corrected chi connectivity index (χ2v) is 6.83. The van der Waals surface area contributed by atoms with Crippen LogP contribution >= 0.6 is 0 Å². The smallest absolute Gasteiger partial charge is 0.339 e. The fraction of sp³-hybridized carbons (Fsp3) is 0.125. The molecule has 0 bridgehead atoms. The SMILES string of the molecule is COC(=O)c1c(C)c(-c2ccc(C)cc2)cc(NC(=O)c2ccccc2)c1C(=O)O. The number of nitrogens with one attached hydrogen (secondary N) is 1. The Labute approximate surface area is 174 Å². The van der Waals surface area contributed by atoms with E-state index < -0.39 is 17.8 Å². The maximum atomic E-state index is 12.7. The fourth-order valence-electron chi connectivity index (χ4n) is 3.28. The second kappa shape index (κ2) is 8.61. The predicted molar refractivity (Wildman–Crippen MR) is 114 cm³/mol. The Balaban J connectivity index is 2.24. The summed E-state index contributed by atoms with van der Waals surface area (Å²) < 4.78 is 4.85. The molecule has 0 atom stereocenters. The fourth-order valence-corrected chi connectivity index (χ4v) is 3.28. The van der Waals surface area contributed by atoms with Crippen molar-refractivity contribution in [3.05, 3.63) is 88.5 Å². The van der Waals surface area contributed by atoms with Crippen LogP contribution in [0.2, 0.25) is 0 Å². The zero-order valence-corrected chi connectivity index (χ0v) is 16.9. The summed E-state index contributed by atoms with van der Waals surface area (Å²) in [5.74, 6) is -2.60. The monoisotopic (exact) mass is 403 g/mol. The molecular formula is C24H21NO5. The van der Waals surface area contributed by atoms with Gasteiger partial charge in [0.2, 0.25) is 0 Å². The van der Waals surface area contributed by atoms with E-state index in [1.54, 1.807) is 43.3 Å². The molecule has 0 unspecified atom stereocenters. The molecular weight excluding hydrogens is 382 g/mol. The van der Waals surface area contributed by atoms with Gasteiger partial charge in [0.25, 0.3) is 5.91 Å². The number of rotatable bonds is 5. The highest BCUT2D eigenvalue weighted by atomic mass is 16.5. The highest BCUT2D eigenvalue weighted by molar-refractivity contribution is 6.13. The molecule has 0 aliphatic rings. The molecule has 0 aliphatic carbocycles. The van der Waals surface area contributed by atoms with Gasteiger partial charge < -0.3 is 15.2 Å². The molecule has 0 aliphatic heterocycles. The van der Waals surface area contributed by atoms with E-state index in [0.717, 1.165) is 11.1 Å². The third-order valence-electron chi connectivity index (χ3n) is 4.84. The summed E-state index contributed by atoms with van der Waals surface area (Å²) in [7, 11) is 1.19. The van der Waals surface area contributed by atoms with Crippen LogP contribution in [0.1, 0.15) is 42.2 Å². The summed E-state index contributed by atoms with van der Waals surface area (Å²) in [5.41, 5.74) is 2.93. The summed E-state index contributed by atoms with van der Waals surface area (Å²) in [5, 5.41) is 12.5. The summed E-state index contributed by atoms with van der Waals surface area (Å²) >= 11 is 0. The average Bonchev–Trinajstić information content (AvgIpc) is 2.75. The lowest BCUT2D eigenvalue weighted by molar-refractivity contribution is 0.0582. The molecule has 0 radical (unpaired) electrons. The molecule has 6 heteroatoms. The molecule has 30 heavy (non-hydrogen) atoms. The van der Waals surface area contributed by atoms with Crippen molar-refractivity contribution in [1.29, 1.82) is 0 Å². The summed E-state index contributed by atoms with van der Waals surface area (Å²) in [4.78, 5) is 37.3. The zero-order chi connectivity index (χ0) is 21.8. The number of carboxylic acids is 1. The minimum Gasteiger partial charge on any atom is -0.478 e. The predicted octanol–water partition coefficient (Wildman–Crippen LogP) is 4.71. The lowest BCUT2D eigenvalue weighted by atomic mass is 9.90. The molecule has 6 nitrogen and oxygen atoms in total. The first kappa shape index (κ1) is 20.8. The molecule has 0 saturated carbocycles. The first-order chi connectivity index (χ1) is 14.3. The van der Waals surface area contributed by atoms with Gasteiger partial charge in [-0.15, -0.1) is 0 Å². The van der Waals surface area contributed by atoms with Crippen molar-refractivity contribution in [2.75, 3.05) is 12.4 Å². The van der Waals surface area contributed by atoms with Crippen molar-refractivity contribution in [1.82, 2.24) is 0 Å². The molecule has 1 amide bonds. The molecule has 3 rings (SSSR count). The molecule has 152 valence electrons. The van der Waals surface area contributed by atoms with Gasteiger partial charge in [0.05, 0.1) is 23.9 Å². The number of anilines is 1. The van der Waals surface area contributed by atoms with Crippen molar-refractivity contribution in [3.8, 4) is 11.1 Å². The van der Waals surface area contributed by atoms with Crippen LogP contribution in [0.15, 0.2) is 60.7 Å². The third kappa shape index (κ3) is 4.07. The quantitative estimate of drug-likeness (QED) is 0.602. The van der Waals surface area contributed by atoms with E-state index in [9.17, 15) is 19.5 Å². The molecule has 0 aromatic heterocycles. The highest BCUT2D eigenvalue weighted by Crippen LogP contribution is 2.34. The Bertz CT molecular complexity index is 1120. The van der Waals surface area contributed by atoms with Crippen molar-refractivity contribution in [2.24, 2.45) is 0 Å². The zero-order valence-electron chi connectivity index (χ0n) is 16.9. The van der Waals surface area contributed by atoms with Gasteiger partial charge >= 0.3 is 11.9 Å². The van der Waals surface area contributed by atoms with Crippen LogP contribution < -0.4 is 5.32 Å². The number of hydrogen-bond donors (Lipinski definition) is 2. The molecule has 0 saturated heterocycles. The number of carboxylic acid groups (broad SMARTS) is 1. The lowest BCUT2D eigenvalue weighted by Gasteiger charge is -2.18. The topological polar surface area (TPSA) is 92.7 Å². The van der Waals surface area contributed by atoms with Gasteiger partial charge in [-0.1, -0.05) is 48.0 Å². The van der Waals surface area contributed by atoms with E-state index in [-0.39, 0.29) is 16.8 Å². The standard InChI is InChI=1S/C24H21NO5/c1-14-9-11-16(12-10-14)18-13-19(25-22(26)17-7-5-4-6-8-17)21(23(27)28)20(15(18)2)24(29)30-3/h4-13H,1-3H3,(H,25,26)(H,27,28). The molecule has 0 fully saturated rings. The van der Waals surface area contributed by atoms with Crippen molar-refractivity contribution in [3.63, 3.8) is 0 Å². The Morgan fingerprint density at radius 2 is 1.53 bits per heavy atom. The summed E-state index contributed by atoms with van der Waals surface area (Å²) in [6, 6.07) is 17.6. The first-order valence-corrected chi connectivity index (χ1v) is 9.26. The van der Waals surface area contributed by atoms with Crippen LogP contribution in [0.25, 0.3) is 11.1 Å². The van der Waals surface area contributed by atoms with Gasteiger partial charge in [-0.3, -0.25) is 4.79 Å². The summed E-state index contributed by atoms with van der Waals surface area (Å²) in [6.45, 7) is 3.62. The maximum Gasteiger partial charge on any atom is 0.339 e. The number of hydrogen-bond acceptors (Lipinski definition) is 4. The van der Waals surface area contributed by atoms with Gasteiger partial charge in [-0.2, -0.15) is 0 Å². The number of benzene rings is 3. The van der Waals surface area contributed by atoms with E-state index >= 15 is 0 Å². The average molecular weight is 403 g/mol. The third-order valence-corrected chi connectivity index (χ3v) is 4.84. The summed E-state index contributed by atoms with van der Waals surface area (Å²) in [6.07, 6.45) is 0. The van der Waals surface area contributed by atoms with Gasteiger partial charge in [0, 0.05) is 5.56 Å². The van der Waals surface area contributed by atoms with Crippen molar-refractivity contribution in [2.45, 2.75) is 13.8 Å². The molecule has 3 aromatic rings. The van der Waals surface area contributed by atoms with Crippen LogP contribution in [0.3, 0.4) is 0 Å². The molecule has 2 N–H and O–H groups in total. The van der Waals surface area contributed by atoms with Crippen LogP contribution in [0.4, 0.5) is 5.69 Å². The van der Waals surface area contributed by atoms with Crippen LogP contribution in [0.5, 0.6) is 0 Å². The van der Waals surface area contributed by atoms with Crippen molar-refractivity contribution < 1.29 is 24.2 Å². The molecule has 0 heterocycles. The minimum absolute atomic E-state index is 0.0259. The number of carbonyl (C=O) groups excluding carboxylic acids is 2. The number of esters is 1. The van der Waals surface area contributed by atoms with Crippen LogP contribution in [-0.4, -0.2) is 30.1 Å². The van der Waals surface area contributed by atoms with Crippen LogP contribution in [-0.2, 0) is 4.74 Å². The number of methoxy groups -OCH3 is 1. The van der Waals surface area contributed by atoms with Gasteiger partial charge in [0.15, 0.2) is 0 Å². The number of aryl methyl sites for hydroxylation is 1. The normalized spacial score (nSPS) is 10.4. The Kier molecular flexibility index (Phi) is 5.97. The number of ether oxygens (including phenoxy) is 1. The second-order valence-electron chi connectivity index (χ2n) is 6.83. The van der Waals surface area contributed by atoms with Gasteiger partial charge in [-0.25, -0.2) is 9.59 Å². The van der Waals surface area contributed by atoms with Gasteiger partial charge in [0.1, 0.15) is 0 Å². The Morgan fingerprint density at radius 1 is 0.900 bits per heavy atom. The molecule has 3 aromatic carbocycles. The Morgan fingerprint density at radius 3 is 2.10 bits per heavy atom. The van der Waals surface area contributed by atoms with Crippen LogP contribution in [0, 0.1) is 13.8 Å². The van der Waals surface area contributed by atoms with E-state index in [2.05, 4.69) is 5.32 Å². The van der Waals surface area contributed by atoms with E-state index in [1.165, 1.54) is 7.11 Å². The number of amides is 1. The van der Waals surface area contributed by atoms with Crippen molar-refractivity contribution >= 4 is 23.5 Å². The lowest BCUT2D eigenvalue weighted by Crippen LogP contribution is -2.19. The minimum atomic E-state index is -1.34. The maximum absolute atomic E-state index is 12.7. The van der Waals surface area contributed by atoms with E-state index in [1.807, 2.05) is 31.2 Å². The van der Waals surface area contributed by atoms with E-state index in [0.29, 0.717) is 16.7 Å². The number of carbonyl (C=O) groups is 3. The largest absolute Gasteiger partial charge is 0.478 e. The Hall–Kier alpha value is -3.93. The molecule has 0 spiro atoms. The van der Waals surface area contributed by atoms with Gasteiger partial charge in [-0.05, 0) is 48.7 Å². The number of aromatic carboxylic acids is 1. The van der Waals surface area contributed by atoms with E-state index in [4.69, 9.17) is 4.74 Å².